The van der Waals surface area contributed by atoms with Crippen LogP contribution in [0.4, 0.5) is 0 Å². The van der Waals surface area contributed by atoms with Crippen molar-refractivity contribution >= 4 is 5.91 Å². The second kappa shape index (κ2) is 11.0. The van der Waals surface area contributed by atoms with E-state index in [1.54, 1.807) is 0 Å². The maximum Gasteiger partial charge on any atom is 0.242 e. The fraction of sp³-hybridized carbons (Fsp3) is 0.458. The molecular weight excluding hydrogens is 346 g/mol. The highest BCUT2D eigenvalue weighted by Gasteiger charge is 2.25. The van der Waals surface area contributed by atoms with Crippen LogP contribution in [0.15, 0.2) is 54.6 Å². The second-order valence-corrected chi connectivity index (χ2v) is 7.53. The zero-order valence-electron chi connectivity index (χ0n) is 18.0. The predicted octanol–water partition coefficient (Wildman–Crippen LogP) is 4.23. The summed E-state index contributed by atoms with van der Waals surface area (Å²) < 4.78 is 0. The van der Waals surface area contributed by atoms with Gasteiger partial charge < -0.3 is 5.32 Å². The molecule has 0 saturated carbocycles. The molecule has 1 unspecified atom stereocenters. The number of carbonyl (C=O) groups excluding carboxylic acids is 1. The lowest BCUT2D eigenvalue weighted by atomic mass is 10.0. The van der Waals surface area contributed by atoms with Gasteiger partial charge in [-0.2, -0.15) is 0 Å². The van der Waals surface area contributed by atoms with Crippen LogP contribution in [0.5, 0.6) is 0 Å². The lowest BCUT2D eigenvalue weighted by molar-refractivity contribution is -0.126. The third-order valence-electron chi connectivity index (χ3n) is 5.41. The summed E-state index contributed by atoms with van der Waals surface area (Å²) in [6.45, 7) is 11.7. The monoisotopic (exact) mass is 381 g/mol. The Bertz CT molecular complexity index is 726. The molecule has 0 aromatic heterocycles. The summed E-state index contributed by atoms with van der Waals surface area (Å²) in [5.41, 5.74) is 3.48. The molecule has 0 fully saturated rings. The summed E-state index contributed by atoms with van der Waals surface area (Å²) in [5.74, 6) is 0.0573. The lowest BCUT2D eigenvalue weighted by Crippen LogP contribution is -2.40. The van der Waals surface area contributed by atoms with Crippen molar-refractivity contribution < 1.29 is 4.79 Å². The van der Waals surface area contributed by atoms with Gasteiger partial charge >= 0.3 is 0 Å². The molecule has 28 heavy (non-hydrogen) atoms. The lowest BCUT2D eigenvalue weighted by Gasteiger charge is -2.29. The molecule has 0 radical (unpaired) electrons. The molecule has 0 aliphatic carbocycles. The maximum atomic E-state index is 13.2. The van der Waals surface area contributed by atoms with Crippen LogP contribution >= 0.6 is 0 Å². The highest BCUT2D eigenvalue weighted by atomic mass is 16.2. The van der Waals surface area contributed by atoms with E-state index in [1.807, 2.05) is 36.4 Å². The molecule has 1 amide bonds. The SMILES string of the molecule is CCN(CC)C(C(=O)NCc1ccccc1CN(C)C(C)C)c1ccccc1. The van der Waals surface area contributed by atoms with Crippen LogP contribution in [0.1, 0.15) is 50.4 Å². The highest BCUT2D eigenvalue weighted by Crippen LogP contribution is 2.21. The van der Waals surface area contributed by atoms with Crippen LogP contribution in [0.2, 0.25) is 0 Å². The van der Waals surface area contributed by atoms with Gasteiger partial charge in [0.1, 0.15) is 6.04 Å². The van der Waals surface area contributed by atoms with Crippen molar-refractivity contribution in [2.75, 3.05) is 20.1 Å². The van der Waals surface area contributed by atoms with Crippen LogP contribution in [-0.2, 0) is 17.9 Å². The van der Waals surface area contributed by atoms with E-state index in [9.17, 15) is 4.79 Å². The quantitative estimate of drug-likeness (QED) is 0.669. The largest absolute Gasteiger partial charge is 0.350 e. The van der Waals surface area contributed by atoms with Crippen molar-refractivity contribution in [1.82, 2.24) is 15.1 Å². The number of carbonyl (C=O) groups is 1. The topological polar surface area (TPSA) is 35.6 Å². The van der Waals surface area contributed by atoms with Gasteiger partial charge in [-0.25, -0.2) is 0 Å². The molecule has 0 aliphatic rings. The van der Waals surface area contributed by atoms with E-state index in [0.29, 0.717) is 12.6 Å². The minimum absolute atomic E-state index is 0.0573. The van der Waals surface area contributed by atoms with E-state index in [4.69, 9.17) is 0 Å². The average molecular weight is 382 g/mol. The first kappa shape index (κ1) is 22.1. The van der Waals surface area contributed by atoms with Crippen molar-refractivity contribution in [2.24, 2.45) is 0 Å². The summed E-state index contributed by atoms with van der Waals surface area (Å²) in [5, 5.41) is 3.19. The van der Waals surface area contributed by atoms with Crippen molar-refractivity contribution in [3.8, 4) is 0 Å². The Morgan fingerprint density at radius 3 is 2.07 bits per heavy atom. The van der Waals surface area contributed by atoms with Crippen LogP contribution in [0, 0.1) is 0 Å². The summed E-state index contributed by atoms with van der Waals surface area (Å²) in [6, 6.07) is 18.6. The first-order valence-corrected chi connectivity index (χ1v) is 10.3. The Kier molecular flexibility index (Phi) is 8.68. The zero-order valence-corrected chi connectivity index (χ0v) is 18.0. The van der Waals surface area contributed by atoms with E-state index in [2.05, 4.69) is 68.1 Å². The van der Waals surface area contributed by atoms with Crippen molar-refractivity contribution in [1.29, 1.82) is 0 Å². The van der Waals surface area contributed by atoms with Gasteiger partial charge in [0, 0.05) is 19.1 Å². The third kappa shape index (κ3) is 5.91. The summed E-state index contributed by atoms with van der Waals surface area (Å²) >= 11 is 0. The molecule has 0 saturated heterocycles. The number of nitrogens with zero attached hydrogens (tertiary/aromatic N) is 2. The Morgan fingerprint density at radius 2 is 1.50 bits per heavy atom. The molecule has 4 heteroatoms. The van der Waals surface area contributed by atoms with Crippen LogP contribution in [-0.4, -0.2) is 41.9 Å². The summed E-state index contributed by atoms with van der Waals surface area (Å²) in [6.07, 6.45) is 0. The number of likely N-dealkylation sites (N-methyl/N-ethyl adjacent to an activating group) is 1. The minimum atomic E-state index is -0.262. The Labute approximate surface area is 170 Å². The standard InChI is InChI=1S/C24H35N3O/c1-6-27(7-2)23(20-13-9-8-10-14-20)24(28)25-17-21-15-11-12-16-22(21)18-26(5)19(3)4/h8-16,19,23H,6-7,17-18H2,1-5H3,(H,25,28). The predicted molar refractivity (Wildman–Crippen MR) is 117 cm³/mol. The van der Waals surface area contributed by atoms with E-state index in [1.165, 1.54) is 11.1 Å². The van der Waals surface area contributed by atoms with Gasteiger partial charge in [-0.15, -0.1) is 0 Å². The summed E-state index contributed by atoms with van der Waals surface area (Å²) in [7, 11) is 2.13. The molecule has 1 atom stereocenters. The molecular formula is C24H35N3O. The smallest absolute Gasteiger partial charge is 0.242 e. The number of hydrogen-bond donors (Lipinski definition) is 1. The van der Waals surface area contributed by atoms with Crippen LogP contribution in [0.3, 0.4) is 0 Å². The first-order valence-electron chi connectivity index (χ1n) is 10.3. The molecule has 0 bridgehead atoms. The van der Waals surface area contributed by atoms with Gasteiger partial charge in [0.25, 0.3) is 0 Å². The van der Waals surface area contributed by atoms with E-state index < -0.39 is 0 Å². The molecule has 2 aromatic carbocycles. The molecule has 4 nitrogen and oxygen atoms in total. The maximum absolute atomic E-state index is 13.2. The van der Waals surface area contributed by atoms with Crippen LogP contribution < -0.4 is 5.32 Å². The molecule has 2 aromatic rings. The normalized spacial score (nSPS) is 12.6. The molecule has 152 valence electrons. The third-order valence-corrected chi connectivity index (χ3v) is 5.41. The molecule has 0 aliphatic heterocycles. The fourth-order valence-electron chi connectivity index (χ4n) is 3.37. The van der Waals surface area contributed by atoms with Crippen molar-refractivity contribution in [2.45, 2.75) is 52.9 Å². The van der Waals surface area contributed by atoms with Crippen LogP contribution in [0.25, 0.3) is 0 Å². The highest BCUT2D eigenvalue weighted by molar-refractivity contribution is 5.83. The van der Waals surface area contributed by atoms with Gasteiger partial charge in [-0.05, 0) is 50.7 Å². The van der Waals surface area contributed by atoms with E-state index in [-0.39, 0.29) is 11.9 Å². The Hall–Kier alpha value is -2.17. The van der Waals surface area contributed by atoms with E-state index in [0.717, 1.165) is 25.2 Å². The summed E-state index contributed by atoms with van der Waals surface area (Å²) in [4.78, 5) is 17.7. The number of benzene rings is 2. The minimum Gasteiger partial charge on any atom is -0.350 e. The van der Waals surface area contributed by atoms with Gasteiger partial charge in [-0.1, -0.05) is 68.4 Å². The molecule has 1 N–H and O–H groups in total. The van der Waals surface area contributed by atoms with Crippen molar-refractivity contribution in [3.05, 3.63) is 71.3 Å². The number of amides is 1. The number of hydrogen-bond acceptors (Lipinski definition) is 3. The van der Waals surface area contributed by atoms with Gasteiger partial charge in [-0.3, -0.25) is 14.6 Å². The second-order valence-electron chi connectivity index (χ2n) is 7.53. The van der Waals surface area contributed by atoms with E-state index >= 15 is 0 Å². The Balaban J connectivity index is 2.15. The first-order chi connectivity index (χ1) is 13.5. The average Bonchev–Trinajstić information content (AvgIpc) is 2.71. The van der Waals surface area contributed by atoms with Crippen molar-refractivity contribution in [3.63, 3.8) is 0 Å². The zero-order chi connectivity index (χ0) is 20.5. The number of nitrogens with one attached hydrogen (secondary N) is 1. The number of rotatable bonds is 10. The fourth-order valence-corrected chi connectivity index (χ4v) is 3.37. The van der Waals surface area contributed by atoms with Gasteiger partial charge in [0.15, 0.2) is 0 Å². The van der Waals surface area contributed by atoms with Gasteiger partial charge in [0.05, 0.1) is 0 Å². The molecule has 0 spiro atoms. The Morgan fingerprint density at radius 1 is 0.929 bits per heavy atom. The molecule has 0 heterocycles. The van der Waals surface area contributed by atoms with Gasteiger partial charge in [0.2, 0.25) is 5.91 Å². The molecule has 2 rings (SSSR count).